The van der Waals surface area contributed by atoms with E-state index >= 15 is 0 Å². The van der Waals surface area contributed by atoms with Crippen molar-refractivity contribution in [2.75, 3.05) is 11.4 Å². The molecule has 3 aromatic carbocycles. The first kappa shape index (κ1) is 21.8. The summed E-state index contributed by atoms with van der Waals surface area (Å²) < 4.78 is 0. The molecule has 6 heteroatoms. The summed E-state index contributed by atoms with van der Waals surface area (Å²) in [5.74, 6) is -1.95. The average molecular weight is 483 g/mol. The van der Waals surface area contributed by atoms with E-state index in [1.54, 1.807) is 24.3 Å². The lowest BCUT2D eigenvalue weighted by Gasteiger charge is -2.36. The number of carbonyl (C=O) groups is 3. The number of benzene rings is 3. The number of fused-ring (bicyclic) bond motifs is 5. The zero-order valence-electron chi connectivity index (χ0n) is 18.9. The monoisotopic (exact) mass is 482 g/mol. The molecular formula is C29H23ClN2O3. The van der Waals surface area contributed by atoms with Gasteiger partial charge in [0.05, 0.1) is 17.9 Å². The molecule has 0 spiro atoms. The Morgan fingerprint density at radius 2 is 1.51 bits per heavy atom. The van der Waals surface area contributed by atoms with E-state index in [4.69, 9.17) is 11.6 Å². The molecule has 0 bridgehead atoms. The number of halogens is 1. The van der Waals surface area contributed by atoms with Gasteiger partial charge in [-0.2, -0.15) is 0 Å². The van der Waals surface area contributed by atoms with Crippen LogP contribution >= 0.6 is 11.6 Å². The topological polar surface area (TPSA) is 57.7 Å². The van der Waals surface area contributed by atoms with Gasteiger partial charge in [-0.15, -0.1) is 0 Å². The number of carbonyl (C=O) groups excluding carboxylic acids is 3. The summed E-state index contributed by atoms with van der Waals surface area (Å²) >= 11 is 6.05. The van der Waals surface area contributed by atoms with Crippen molar-refractivity contribution in [1.82, 2.24) is 4.90 Å². The molecular weight excluding hydrogens is 460 g/mol. The Hall–Kier alpha value is -3.70. The van der Waals surface area contributed by atoms with Gasteiger partial charge in [-0.25, -0.2) is 0 Å². The highest BCUT2D eigenvalue weighted by Gasteiger charge is 2.63. The summed E-state index contributed by atoms with van der Waals surface area (Å²) in [6, 6.07) is 23.2. The molecule has 6 rings (SSSR count). The van der Waals surface area contributed by atoms with Crippen molar-refractivity contribution < 1.29 is 14.4 Å². The van der Waals surface area contributed by atoms with Crippen LogP contribution in [0.25, 0.3) is 6.08 Å². The first-order valence-corrected chi connectivity index (χ1v) is 12.2. The van der Waals surface area contributed by atoms with Gasteiger partial charge in [0, 0.05) is 22.8 Å². The lowest BCUT2D eigenvalue weighted by atomic mass is 9.86. The number of likely N-dealkylation sites (tertiary alicyclic amines) is 1. The number of anilines is 1. The Kier molecular flexibility index (Phi) is 5.30. The van der Waals surface area contributed by atoms with Crippen LogP contribution in [0.3, 0.4) is 0 Å². The molecule has 0 aromatic heterocycles. The van der Waals surface area contributed by atoms with Crippen LogP contribution in [-0.4, -0.2) is 41.1 Å². The standard InChI is InChI=1S/C29H23ClN2O3/c30-21-13-10-20(11-14-21)27(33)26-25-24(23-15-12-19-8-4-5-9-22(19)32(23)26)28(34)31(29(25)35)17-16-18-6-2-1-3-7-18/h1-15,23-26H,16-17H2/t23-,24-,25-,26+/m0/s1. The minimum atomic E-state index is -0.768. The Labute approximate surface area is 208 Å². The summed E-state index contributed by atoms with van der Waals surface area (Å²) in [7, 11) is 0. The predicted octanol–water partition coefficient (Wildman–Crippen LogP) is 4.65. The number of amides is 2. The summed E-state index contributed by atoms with van der Waals surface area (Å²) in [5, 5.41) is 0.536. The summed E-state index contributed by atoms with van der Waals surface area (Å²) in [4.78, 5) is 44.7. The van der Waals surface area contributed by atoms with Crippen LogP contribution in [0.5, 0.6) is 0 Å². The first-order chi connectivity index (χ1) is 17.0. The molecule has 3 aliphatic rings. The summed E-state index contributed by atoms with van der Waals surface area (Å²) in [5.41, 5.74) is 3.39. The maximum Gasteiger partial charge on any atom is 0.235 e. The highest BCUT2D eigenvalue weighted by Crippen LogP contribution is 2.49. The van der Waals surface area contributed by atoms with Gasteiger partial charge >= 0.3 is 0 Å². The van der Waals surface area contributed by atoms with E-state index in [1.165, 1.54) is 4.90 Å². The SMILES string of the molecule is O=C(c1ccc(Cl)cc1)[C@H]1[C@H]2C(=O)N(CCc3ccccc3)C(=O)[C@H]2[C@@H]2C=Cc3ccccc3N21. The second-order valence-corrected chi connectivity index (χ2v) is 9.68. The molecule has 5 nitrogen and oxygen atoms in total. The molecule has 35 heavy (non-hydrogen) atoms. The van der Waals surface area contributed by atoms with Crippen molar-refractivity contribution in [2.24, 2.45) is 11.8 Å². The largest absolute Gasteiger partial charge is 0.352 e. The van der Waals surface area contributed by atoms with Crippen molar-refractivity contribution in [2.45, 2.75) is 18.5 Å². The average Bonchev–Trinajstić information content (AvgIpc) is 3.36. The highest BCUT2D eigenvalue weighted by molar-refractivity contribution is 6.30. The third kappa shape index (κ3) is 3.50. The molecule has 3 aliphatic heterocycles. The molecule has 0 N–H and O–H groups in total. The molecule has 2 fully saturated rings. The Morgan fingerprint density at radius 1 is 0.829 bits per heavy atom. The predicted molar refractivity (Wildman–Crippen MR) is 135 cm³/mol. The van der Waals surface area contributed by atoms with E-state index in [2.05, 4.69) is 0 Å². The fourth-order valence-corrected chi connectivity index (χ4v) is 5.89. The maximum absolute atomic E-state index is 13.9. The molecule has 3 aromatic rings. The van der Waals surface area contributed by atoms with Crippen molar-refractivity contribution >= 4 is 41.0 Å². The third-order valence-electron chi connectivity index (χ3n) is 7.37. The van der Waals surface area contributed by atoms with Crippen LogP contribution in [0.1, 0.15) is 21.5 Å². The zero-order valence-corrected chi connectivity index (χ0v) is 19.6. The minimum Gasteiger partial charge on any atom is -0.352 e. The van der Waals surface area contributed by atoms with E-state index in [-0.39, 0.29) is 23.6 Å². The van der Waals surface area contributed by atoms with Crippen molar-refractivity contribution in [3.63, 3.8) is 0 Å². The van der Waals surface area contributed by atoms with E-state index in [0.717, 1.165) is 16.8 Å². The summed E-state index contributed by atoms with van der Waals surface area (Å²) in [6.07, 6.45) is 4.55. The first-order valence-electron chi connectivity index (χ1n) is 11.8. The lowest BCUT2D eigenvalue weighted by Crippen LogP contribution is -2.49. The number of para-hydroxylation sites is 1. The Balaban J connectivity index is 1.39. The Morgan fingerprint density at radius 3 is 2.29 bits per heavy atom. The molecule has 2 saturated heterocycles. The molecule has 0 unspecified atom stereocenters. The van der Waals surface area contributed by atoms with Crippen molar-refractivity contribution in [3.8, 4) is 0 Å². The van der Waals surface area contributed by atoms with Crippen LogP contribution in [0, 0.1) is 11.8 Å². The van der Waals surface area contributed by atoms with Gasteiger partial charge in [-0.3, -0.25) is 19.3 Å². The van der Waals surface area contributed by atoms with Gasteiger partial charge in [0.15, 0.2) is 5.78 Å². The van der Waals surface area contributed by atoms with Crippen LogP contribution in [-0.2, 0) is 16.0 Å². The number of ketones is 1. The van der Waals surface area contributed by atoms with Gasteiger partial charge in [0.2, 0.25) is 11.8 Å². The van der Waals surface area contributed by atoms with Gasteiger partial charge in [0.25, 0.3) is 0 Å². The van der Waals surface area contributed by atoms with E-state index < -0.39 is 17.9 Å². The fraction of sp³-hybridized carbons (Fsp3) is 0.207. The van der Waals surface area contributed by atoms with Gasteiger partial charge in [-0.05, 0) is 47.9 Å². The highest BCUT2D eigenvalue weighted by atomic mass is 35.5. The second-order valence-electron chi connectivity index (χ2n) is 9.25. The van der Waals surface area contributed by atoms with Gasteiger partial charge in [-0.1, -0.05) is 72.3 Å². The van der Waals surface area contributed by atoms with Crippen LogP contribution in [0.15, 0.2) is 84.9 Å². The van der Waals surface area contributed by atoms with Crippen LogP contribution in [0.4, 0.5) is 5.69 Å². The number of nitrogens with zero attached hydrogens (tertiary/aromatic N) is 2. The molecule has 4 atom stereocenters. The van der Waals surface area contributed by atoms with Crippen molar-refractivity contribution in [3.05, 3.63) is 107 Å². The number of imide groups is 1. The van der Waals surface area contributed by atoms with Crippen molar-refractivity contribution in [1.29, 1.82) is 0 Å². The summed E-state index contributed by atoms with van der Waals surface area (Å²) in [6.45, 7) is 0.309. The molecule has 0 aliphatic carbocycles. The number of hydrogen-bond acceptors (Lipinski definition) is 4. The molecule has 0 radical (unpaired) electrons. The van der Waals surface area contributed by atoms with Gasteiger partial charge < -0.3 is 4.90 Å². The molecule has 3 heterocycles. The zero-order chi connectivity index (χ0) is 24.1. The smallest absolute Gasteiger partial charge is 0.235 e. The molecule has 2 amide bonds. The van der Waals surface area contributed by atoms with Crippen LogP contribution in [0.2, 0.25) is 5.02 Å². The fourth-order valence-electron chi connectivity index (χ4n) is 5.77. The van der Waals surface area contributed by atoms with E-state index in [9.17, 15) is 14.4 Å². The normalized spacial score (nSPS) is 24.4. The van der Waals surface area contributed by atoms with E-state index in [1.807, 2.05) is 71.6 Å². The Bertz CT molecular complexity index is 1350. The quantitative estimate of drug-likeness (QED) is 0.392. The molecule has 174 valence electrons. The second kappa shape index (κ2) is 8.51. The number of rotatable bonds is 5. The molecule has 0 saturated carbocycles. The number of Topliss-reactive ketones (excluding diaryl/α,β-unsaturated/α-hetero) is 1. The minimum absolute atomic E-state index is 0.171. The van der Waals surface area contributed by atoms with Gasteiger partial charge in [0.1, 0.15) is 6.04 Å². The third-order valence-corrected chi connectivity index (χ3v) is 7.62. The number of hydrogen-bond donors (Lipinski definition) is 0. The van der Waals surface area contributed by atoms with Crippen LogP contribution < -0.4 is 4.90 Å². The maximum atomic E-state index is 13.9. The lowest BCUT2D eigenvalue weighted by molar-refractivity contribution is -0.140. The van der Waals surface area contributed by atoms with E-state index in [0.29, 0.717) is 23.6 Å².